The Balaban J connectivity index is 0.00000210. The van der Waals surface area contributed by atoms with E-state index in [4.69, 9.17) is 5.73 Å². The third-order valence-electron chi connectivity index (χ3n) is 4.57. The molecule has 3 rings (SSSR count). The van der Waals surface area contributed by atoms with E-state index in [1.54, 1.807) is 5.38 Å². The van der Waals surface area contributed by atoms with Crippen LogP contribution in [0.2, 0.25) is 0 Å². The lowest BCUT2D eigenvalue weighted by molar-refractivity contribution is -0.131. The average Bonchev–Trinajstić information content (AvgIpc) is 3.21. The highest BCUT2D eigenvalue weighted by molar-refractivity contribution is 7.09. The van der Waals surface area contributed by atoms with E-state index in [9.17, 15) is 9.59 Å². The Kier molecular flexibility index (Phi) is 11.0. The molecule has 29 heavy (non-hydrogen) atoms. The highest BCUT2D eigenvalue weighted by Gasteiger charge is 2.20. The van der Waals surface area contributed by atoms with Gasteiger partial charge in [0, 0.05) is 56.8 Å². The largest absolute Gasteiger partial charge is 0.368 e. The number of amides is 2. The van der Waals surface area contributed by atoms with Gasteiger partial charge in [-0.3, -0.25) is 9.59 Å². The number of carbonyl (C=O) groups excluding carboxylic acids is 2. The van der Waals surface area contributed by atoms with E-state index in [-0.39, 0.29) is 36.6 Å². The Hall–Kier alpha value is -1.87. The zero-order valence-electron chi connectivity index (χ0n) is 16.1. The van der Waals surface area contributed by atoms with Crippen LogP contribution < -0.4 is 16.0 Å². The predicted octanol–water partition coefficient (Wildman–Crippen LogP) is 2.30. The molecule has 7 nitrogen and oxygen atoms in total. The van der Waals surface area contributed by atoms with Gasteiger partial charge in [-0.15, -0.1) is 36.2 Å². The van der Waals surface area contributed by atoms with Crippen molar-refractivity contribution >= 4 is 53.7 Å². The molecule has 1 fully saturated rings. The Morgan fingerprint density at radius 1 is 1.10 bits per heavy atom. The molecule has 3 N–H and O–H groups in total. The number of para-hydroxylation sites is 1. The topological polar surface area (TPSA) is 91.6 Å². The van der Waals surface area contributed by atoms with E-state index in [0.717, 1.165) is 31.2 Å². The van der Waals surface area contributed by atoms with E-state index < -0.39 is 0 Å². The molecule has 0 saturated carbocycles. The summed E-state index contributed by atoms with van der Waals surface area (Å²) in [7, 11) is 0. The highest BCUT2D eigenvalue weighted by Crippen LogP contribution is 2.16. The van der Waals surface area contributed by atoms with Gasteiger partial charge in [-0.25, -0.2) is 4.98 Å². The second-order valence-electron chi connectivity index (χ2n) is 6.39. The van der Waals surface area contributed by atoms with Crippen LogP contribution in [-0.2, 0) is 11.3 Å². The SMILES string of the molecule is Cl.Cl.NCc1nc(C(=O)NCCCC(=O)N2CCN(c3ccccc3)CC2)cs1. The minimum atomic E-state index is -0.213. The molecule has 1 saturated heterocycles. The van der Waals surface area contributed by atoms with Crippen LogP contribution >= 0.6 is 36.2 Å². The number of thiazole rings is 1. The first kappa shape index (κ1) is 25.2. The fraction of sp³-hybridized carbons (Fsp3) is 0.421. The Morgan fingerprint density at radius 3 is 2.41 bits per heavy atom. The number of nitrogens with two attached hydrogens (primary N) is 1. The second kappa shape index (κ2) is 12.6. The first-order valence-electron chi connectivity index (χ1n) is 9.18. The molecule has 160 valence electrons. The molecule has 2 amide bonds. The fourth-order valence-electron chi connectivity index (χ4n) is 3.05. The normalized spacial score (nSPS) is 13.3. The van der Waals surface area contributed by atoms with Crippen molar-refractivity contribution in [1.29, 1.82) is 0 Å². The number of nitrogens with one attached hydrogen (secondary N) is 1. The van der Waals surface area contributed by atoms with E-state index in [1.165, 1.54) is 17.0 Å². The highest BCUT2D eigenvalue weighted by atomic mass is 35.5. The molecule has 0 bridgehead atoms. The number of hydrogen-bond donors (Lipinski definition) is 2. The van der Waals surface area contributed by atoms with Crippen LogP contribution in [0.5, 0.6) is 0 Å². The lowest BCUT2D eigenvalue weighted by Gasteiger charge is -2.36. The number of anilines is 1. The molecule has 0 atom stereocenters. The number of nitrogens with zero attached hydrogens (tertiary/aromatic N) is 3. The summed E-state index contributed by atoms with van der Waals surface area (Å²) in [4.78, 5) is 32.7. The summed E-state index contributed by atoms with van der Waals surface area (Å²) in [6.45, 7) is 3.97. The number of carbonyl (C=O) groups is 2. The lowest BCUT2D eigenvalue weighted by Crippen LogP contribution is -2.48. The van der Waals surface area contributed by atoms with E-state index >= 15 is 0 Å². The quantitative estimate of drug-likeness (QED) is 0.619. The molecule has 1 aliphatic heterocycles. The molecule has 2 heterocycles. The fourth-order valence-corrected chi connectivity index (χ4v) is 3.71. The number of halogens is 2. The predicted molar refractivity (Wildman–Crippen MR) is 121 cm³/mol. The molecule has 0 spiro atoms. The summed E-state index contributed by atoms with van der Waals surface area (Å²) in [6, 6.07) is 10.3. The number of aromatic nitrogens is 1. The van der Waals surface area contributed by atoms with Crippen molar-refractivity contribution in [2.45, 2.75) is 19.4 Å². The molecule has 1 aliphatic rings. The molecule has 1 aromatic carbocycles. The van der Waals surface area contributed by atoms with Crippen LogP contribution in [0.4, 0.5) is 5.69 Å². The van der Waals surface area contributed by atoms with Crippen molar-refractivity contribution in [3.63, 3.8) is 0 Å². The van der Waals surface area contributed by atoms with Crippen molar-refractivity contribution < 1.29 is 9.59 Å². The van der Waals surface area contributed by atoms with Crippen molar-refractivity contribution in [3.8, 4) is 0 Å². The maximum atomic E-state index is 12.4. The van der Waals surface area contributed by atoms with Gasteiger partial charge in [-0.05, 0) is 18.6 Å². The standard InChI is InChI=1S/C19H25N5O2S.2ClH/c20-13-17-22-16(14-27-17)19(26)21-8-4-7-18(25)24-11-9-23(10-12-24)15-5-2-1-3-6-15;;/h1-3,5-6,14H,4,7-13,20H2,(H,21,26);2*1H. The number of rotatable bonds is 7. The Labute approximate surface area is 187 Å². The lowest BCUT2D eigenvalue weighted by atomic mass is 10.2. The van der Waals surface area contributed by atoms with E-state index in [0.29, 0.717) is 31.6 Å². The maximum Gasteiger partial charge on any atom is 0.270 e. The maximum absolute atomic E-state index is 12.4. The van der Waals surface area contributed by atoms with Crippen LogP contribution in [0.15, 0.2) is 35.7 Å². The second-order valence-corrected chi connectivity index (χ2v) is 7.34. The summed E-state index contributed by atoms with van der Waals surface area (Å²) >= 11 is 1.38. The van der Waals surface area contributed by atoms with Gasteiger partial charge in [-0.2, -0.15) is 0 Å². The van der Waals surface area contributed by atoms with Crippen molar-refractivity contribution in [2.75, 3.05) is 37.6 Å². The molecule has 0 radical (unpaired) electrons. The summed E-state index contributed by atoms with van der Waals surface area (Å²) in [5.74, 6) is -0.0640. The molecule has 1 aromatic heterocycles. The summed E-state index contributed by atoms with van der Waals surface area (Å²) in [6.07, 6.45) is 1.06. The van der Waals surface area contributed by atoms with E-state index in [1.807, 2.05) is 23.1 Å². The molecule has 10 heteroatoms. The number of benzene rings is 1. The van der Waals surface area contributed by atoms with Crippen LogP contribution in [0.25, 0.3) is 0 Å². The molecular weight excluding hydrogens is 433 g/mol. The monoisotopic (exact) mass is 459 g/mol. The third kappa shape index (κ3) is 7.15. The van der Waals surface area contributed by atoms with Gasteiger partial charge < -0.3 is 20.9 Å². The van der Waals surface area contributed by atoms with Gasteiger partial charge in [0.1, 0.15) is 10.7 Å². The zero-order chi connectivity index (χ0) is 19.1. The van der Waals surface area contributed by atoms with Crippen LogP contribution in [0, 0.1) is 0 Å². The summed E-state index contributed by atoms with van der Waals surface area (Å²) < 4.78 is 0. The smallest absolute Gasteiger partial charge is 0.270 e. The summed E-state index contributed by atoms with van der Waals surface area (Å²) in [5.41, 5.74) is 7.10. The van der Waals surface area contributed by atoms with Gasteiger partial charge >= 0.3 is 0 Å². The number of hydrogen-bond acceptors (Lipinski definition) is 6. The van der Waals surface area contributed by atoms with Gasteiger partial charge in [0.15, 0.2) is 0 Å². The minimum Gasteiger partial charge on any atom is -0.368 e. The van der Waals surface area contributed by atoms with E-state index in [2.05, 4.69) is 27.3 Å². The van der Waals surface area contributed by atoms with Crippen molar-refractivity contribution in [3.05, 3.63) is 46.4 Å². The first-order chi connectivity index (χ1) is 13.2. The van der Waals surface area contributed by atoms with Gasteiger partial charge in [-0.1, -0.05) is 18.2 Å². The van der Waals surface area contributed by atoms with Crippen LogP contribution in [0.3, 0.4) is 0 Å². The van der Waals surface area contributed by atoms with Crippen molar-refractivity contribution in [1.82, 2.24) is 15.2 Å². The Bertz CT molecular complexity index is 767. The van der Waals surface area contributed by atoms with Crippen molar-refractivity contribution in [2.24, 2.45) is 5.73 Å². The minimum absolute atomic E-state index is 0. The Morgan fingerprint density at radius 2 is 1.79 bits per heavy atom. The summed E-state index contributed by atoms with van der Waals surface area (Å²) in [5, 5.41) is 5.25. The number of piperazine rings is 1. The molecule has 2 aromatic rings. The first-order valence-corrected chi connectivity index (χ1v) is 10.1. The third-order valence-corrected chi connectivity index (χ3v) is 5.44. The van der Waals surface area contributed by atoms with Gasteiger partial charge in [0.2, 0.25) is 5.91 Å². The average molecular weight is 460 g/mol. The molecule has 0 unspecified atom stereocenters. The molecular formula is C19H27Cl2N5O2S. The van der Waals surface area contributed by atoms with Crippen LogP contribution in [0.1, 0.15) is 28.3 Å². The van der Waals surface area contributed by atoms with Gasteiger partial charge in [0.25, 0.3) is 5.91 Å². The zero-order valence-corrected chi connectivity index (χ0v) is 18.5. The van der Waals surface area contributed by atoms with Crippen LogP contribution in [-0.4, -0.2) is 54.4 Å². The van der Waals surface area contributed by atoms with Gasteiger partial charge in [0.05, 0.1) is 0 Å². The molecule has 0 aliphatic carbocycles.